The van der Waals surface area contributed by atoms with Gasteiger partial charge in [0.15, 0.2) is 0 Å². The zero-order valence-electron chi connectivity index (χ0n) is 11.7. The fourth-order valence-corrected chi connectivity index (χ4v) is 1.21. The first kappa shape index (κ1) is 17.8. The first-order chi connectivity index (χ1) is 9.20. The summed E-state index contributed by atoms with van der Waals surface area (Å²) in [7, 11) is 1.59. The van der Waals surface area contributed by atoms with Gasteiger partial charge in [0.2, 0.25) is 5.91 Å². The number of amides is 1. The second-order valence-electron chi connectivity index (χ2n) is 3.70. The summed E-state index contributed by atoms with van der Waals surface area (Å²) in [6.07, 6.45) is 0.404. The van der Waals surface area contributed by atoms with Crippen molar-refractivity contribution in [1.29, 1.82) is 0 Å². The van der Waals surface area contributed by atoms with Gasteiger partial charge in [-0.05, 0) is 6.92 Å². The van der Waals surface area contributed by atoms with E-state index in [1.165, 1.54) is 0 Å². The minimum Gasteiger partial charge on any atom is -0.464 e. The molecule has 0 fully saturated rings. The van der Waals surface area contributed by atoms with Gasteiger partial charge in [0, 0.05) is 33.2 Å². The minimum absolute atomic E-state index is 0.0167. The molecule has 0 saturated heterocycles. The normalized spacial score (nSPS) is 10.2. The van der Waals surface area contributed by atoms with Gasteiger partial charge in [0.05, 0.1) is 19.8 Å². The van der Waals surface area contributed by atoms with Gasteiger partial charge >= 0.3 is 5.97 Å². The molecule has 112 valence electrons. The molecular weight excluding hydrogens is 252 g/mol. The van der Waals surface area contributed by atoms with Crippen LogP contribution in [0.3, 0.4) is 0 Å². The maximum Gasteiger partial charge on any atom is 0.332 e. The Kier molecular flexibility index (Phi) is 12.4. The van der Waals surface area contributed by atoms with Gasteiger partial charge in [0.25, 0.3) is 0 Å². The number of carbonyl (C=O) groups is 2. The van der Waals surface area contributed by atoms with E-state index in [9.17, 15) is 9.59 Å². The van der Waals surface area contributed by atoms with E-state index >= 15 is 0 Å². The van der Waals surface area contributed by atoms with E-state index in [1.807, 2.05) is 0 Å². The molecule has 0 aromatic rings. The van der Waals surface area contributed by atoms with Crippen molar-refractivity contribution in [3.63, 3.8) is 0 Å². The number of hydrogen-bond acceptors (Lipinski definition) is 6. The van der Waals surface area contributed by atoms with Crippen LogP contribution >= 0.6 is 0 Å². The lowest BCUT2D eigenvalue weighted by Crippen LogP contribution is -2.31. The Bertz CT molecular complexity index is 248. The van der Waals surface area contributed by atoms with E-state index in [0.29, 0.717) is 45.9 Å². The van der Waals surface area contributed by atoms with Gasteiger partial charge in [-0.3, -0.25) is 4.79 Å². The Morgan fingerprint density at radius 1 is 1.11 bits per heavy atom. The monoisotopic (exact) mass is 276 g/mol. The molecule has 0 aliphatic carbocycles. The molecule has 7 nitrogen and oxygen atoms in total. The zero-order valence-corrected chi connectivity index (χ0v) is 11.7. The molecule has 7 heteroatoms. The van der Waals surface area contributed by atoms with E-state index in [-0.39, 0.29) is 18.5 Å². The molecule has 2 N–H and O–H groups in total. The summed E-state index contributed by atoms with van der Waals surface area (Å²) in [5.41, 5.74) is 0. The number of ether oxygens (including phenoxy) is 3. The van der Waals surface area contributed by atoms with Gasteiger partial charge in [-0.15, -0.1) is 0 Å². The maximum atomic E-state index is 11.3. The number of methoxy groups -OCH3 is 1. The Balaban J connectivity index is 3.22. The summed E-state index contributed by atoms with van der Waals surface area (Å²) in [4.78, 5) is 22.2. The summed E-state index contributed by atoms with van der Waals surface area (Å²) in [6, 6.07) is 0. The lowest BCUT2D eigenvalue weighted by Gasteiger charge is -2.06. The molecule has 0 aliphatic heterocycles. The zero-order chi connectivity index (χ0) is 14.3. The van der Waals surface area contributed by atoms with Crippen LogP contribution in [0.4, 0.5) is 0 Å². The molecule has 1 amide bonds. The van der Waals surface area contributed by atoms with Crippen LogP contribution in [0.2, 0.25) is 0 Å². The summed E-state index contributed by atoms with van der Waals surface area (Å²) < 4.78 is 14.6. The molecule has 0 aromatic carbocycles. The van der Waals surface area contributed by atoms with Gasteiger partial charge in [0.1, 0.15) is 6.61 Å². The molecule has 0 atom stereocenters. The molecule has 0 radical (unpaired) electrons. The largest absolute Gasteiger partial charge is 0.464 e. The molecule has 0 aliphatic rings. The van der Waals surface area contributed by atoms with E-state index in [0.717, 1.165) is 0 Å². The molecule has 0 saturated carbocycles. The van der Waals surface area contributed by atoms with Crippen molar-refractivity contribution < 1.29 is 23.8 Å². The lowest BCUT2D eigenvalue weighted by molar-refractivity contribution is -0.148. The third-order valence-electron chi connectivity index (χ3n) is 2.11. The highest BCUT2D eigenvalue weighted by Crippen LogP contribution is 1.81. The van der Waals surface area contributed by atoms with Gasteiger partial charge < -0.3 is 24.8 Å². The minimum atomic E-state index is -0.361. The number of esters is 1. The molecule has 0 heterocycles. The SMILES string of the molecule is CCOC(=O)COCCNCCC(=O)NCCOC. The first-order valence-corrected chi connectivity index (χ1v) is 6.40. The summed E-state index contributed by atoms with van der Waals surface area (Å²) in [5.74, 6) is -0.378. The summed E-state index contributed by atoms with van der Waals surface area (Å²) in [6.45, 7) is 4.68. The van der Waals surface area contributed by atoms with E-state index in [2.05, 4.69) is 10.6 Å². The topological polar surface area (TPSA) is 85.9 Å². The van der Waals surface area contributed by atoms with Gasteiger partial charge in [-0.2, -0.15) is 0 Å². The van der Waals surface area contributed by atoms with Crippen LogP contribution in [-0.2, 0) is 23.8 Å². The predicted molar refractivity (Wildman–Crippen MR) is 69.8 cm³/mol. The Hall–Kier alpha value is -1.18. The highest BCUT2D eigenvalue weighted by atomic mass is 16.6. The maximum absolute atomic E-state index is 11.3. The second-order valence-corrected chi connectivity index (χ2v) is 3.70. The van der Waals surface area contributed by atoms with Crippen molar-refractivity contribution in [3.8, 4) is 0 Å². The molecule has 0 aromatic heterocycles. The smallest absolute Gasteiger partial charge is 0.332 e. The van der Waals surface area contributed by atoms with Crippen molar-refractivity contribution >= 4 is 11.9 Å². The average molecular weight is 276 g/mol. The Labute approximate surface area is 114 Å². The quantitative estimate of drug-likeness (QED) is 0.362. The van der Waals surface area contributed by atoms with E-state index in [4.69, 9.17) is 14.2 Å². The van der Waals surface area contributed by atoms with Crippen LogP contribution in [0.25, 0.3) is 0 Å². The highest BCUT2D eigenvalue weighted by molar-refractivity contribution is 5.76. The van der Waals surface area contributed by atoms with E-state index in [1.54, 1.807) is 14.0 Å². The molecular formula is C12H24N2O5. The van der Waals surface area contributed by atoms with Gasteiger partial charge in [-0.25, -0.2) is 4.79 Å². The number of hydrogen-bond donors (Lipinski definition) is 2. The third-order valence-corrected chi connectivity index (χ3v) is 2.11. The lowest BCUT2D eigenvalue weighted by atomic mass is 10.4. The first-order valence-electron chi connectivity index (χ1n) is 6.40. The average Bonchev–Trinajstić information content (AvgIpc) is 2.38. The van der Waals surface area contributed by atoms with Crippen molar-refractivity contribution in [1.82, 2.24) is 10.6 Å². The Morgan fingerprint density at radius 2 is 1.89 bits per heavy atom. The number of rotatable bonds is 12. The van der Waals surface area contributed by atoms with Crippen LogP contribution in [0.15, 0.2) is 0 Å². The van der Waals surface area contributed by atoms with Crippen molar-refractivity contribution in [2.24, 2.45) is 0 Å². The molecule has 19 heavy (non-hydrogen) atoms. The standard InChI is InChI=1S/C12H24N2O5/c1-3-19-12(16)10-18-9-6-13-5-4-11(15)14-7-8-17-2/h13H,3-10H2,1-2H3,(H,14,15). The predicted octanol–water partition coefficient (Wildman–Crippen LogP) is -0.692. The van der Waals surface area contributed by atoms with Crippen LogP contribution in [-0.4, -0.2) is 65.0 Å². The third kappa shape index (κ3) is 13.1. The van der Waals surface area contributed by atoms with E-state index < -0.39 is 0 Å². The van der Waals surface area contributed by atoms with Crippen LogP contribution < -0.4 is 10.6 Å². The van der Waals surface area contributed by atoms with Crippen LogP contribution in [0.5, 0.6) is 0 Å². The molecule has 0 spiro atoms. The van der Waals surface area contributed by atoms with Crippen molar-refractivity contribution in [2.75, 3.05) is 53.2 Å². The molecule has 0 bridgehead atoms. The molecule has 0 rings (SSSR count). The highest BCUT2D eigenvalue weighted by Gasteiger charge is 2.01. The Morgan fingerprint density at radius 3 is 2.58 bits per heavy atom. The van der Waals surface area contributed by atoms with Crippen LogP contribution in [0.1, 0.15) is 13.3 Å². The molecule has 0 unspecified atom stereocenters. The number of nitrogens with one attached hydrogen (secondary N) is 2. The fraction of sp³-hybridized carbons (Fsp3) is 0.833. The second kappa shape index (κ2) is 13.3. The number of carbonyl (C=O) groups excluding carboxylic acids is 2. The summed E-state index contributed by atoms with van der Waals surface area (Å²) in [5, 5.41) is 5.76. The fourth-order valence-electron chi connectivity index (χ4n) is 1.21. The van der Waals surface area contributed by atoms with Crippen LogP contribution in [0, 0.1) is 0 Å². The van der Waals surface area contributed by atoms with Crippen molar-refractivity contribution in [2.45, 2.75) is 13.3 Å². The van der Waals surface area contributed by atoms with Crippen molar-refractivity contribution in [3.05, 3.63) is 0 Å². The summed E-state index contributed by atoms with van der Waals surface area (Å²) >= 11 is 0. The van der Waals surface area contributed by atoms with Gasteiger partial charge in [-0.1, -0.05) is 0 Å².